The molecule has 2 rings (SSSR count). The molecule has 0 saturated heterocycles. The molecule has 212 valence electrons. The standard InChI is InChI=1S/C24H29N3O11S/c1-11(28)21(33)22(13-7-12-3-6-20(32)38-16(12)8-17(13)37-2)39-10-15(23(34)26-9-19(30)31)27-18(29)5-4-14(25)24(35)36/h3,6-8,14-15,21-22,33H,4-5,9-10,25H2,1-2H3,(H,26,34)(H,27,29)(H,30,31)(H,35,36). The number of ketones is 1. The van der Waals surface area contributed by atoms with Crippen molar-refractivity contribution in [3.8, 4) is 5.75 Å². The summed E-state index contributed by atoms with van der Waals surface area (Å²) in [5.74, 6) is -4.87. The van der Waals surface area contributed by atoms with Crippen molar-refractivity contribution >= 4 is 52.3 Å². The van der Waals surface area contributed by atoms with Gasteiger partial charge >= 0.3 is 17.6 Å². The van der Waals surface area contributed by atoms with Crippen molar-refractivity contribution in [3.05, 3.63) is 40.2 Å². The van der Waals surface area contributed by atoms with E-state index in [0.29, 0.717) is 10.9 Å². The number of benzene rings is 1. The van der Waals surface area contributed by atoms with Gasteiger partial charge < -0.3 is 40.8 Å². The molecule has 39 heavy (non-hydrogen) atoms. The SMILES string of the molecule is COc1cc2oc(=O)ccc2cc1C(SCC(NC(=O)CCC(N)C(=O)O)C(=O)NCC(=O)O)C(O)C(C)=O. The highest BCUT2D eigenvalue weighted by Crippen LogP contribution is 2.40. The van der Waals surface area contributed by atoms with Crippen molar-refractivity contribution in [3.63, 3.8) is 0 Å². The largest absolute Gasteiger partial charge is 0.496 e. The number of rotatable bonds is 15. The molecule has 1 aromatic carbocycles. The van der Waals surface area contributed by atoms with Crippen molar-refractivity contribution in [1.29, 1.82) is 0 Å². The van der Waals surface area contributed by atoms with Crippen LogP contribution < -0.4 is 26.7 Å². The van der Waals surface area contributed by atoms with Crippen LogP contribution in [0, 0.1) is 0 Å². The van der Waals surface area contributed by atoms with Crippen LogP contribution >= 0.6 is 11.8 Å². The monoisotopic (exact) mass is 567 g/mol. The summed E-state index contributed by atoms with van der Waals surface area (Å²) in [6, 6.07) is 3.01. The number of carboxylic acid groups (broad SMARTS) is 2. The van der Waals surface area contributed by atoms with Crippen LogP contribution in [0.2, 0.25) is 0 Å². The molecular formula is C24H29N3O11S. The lowest BCUT2D eigenvalue weighted by molar-refractivity contribution is -0.139. The number of Topliss-reactive ketones (excluding diaryl/α,β-unsaturated/α-hetero) is 1. The van der Waals surface area contributed by atoms with Gasteiger partial charge in [0.15, 0.2) is 5.78 Å². The van der Waals surface area contributed by atoms with Crippen LogP contribution in [0.3, 0.4) is 0 Å². The Balaban J connectivity index is 2.36. The average Bonchev–Trinajstić information content (AvgIpc) is 2.88. The Bertz CT molecular complexity index is 1300. The molecule has 4 unspecified atom stereocenters. The third kappa shape index (κ3) is 9.08. The van der Waals surface area contributed by atoms with E-state index in [1.807, 2.05) is 0 Å². The molecule has 0 fully saturated rings. The van der Waals surface area contributed by atoms with Crippen LogP contribution in [0.5, 0.6) is 5.75 Å². The topological polar surface area (TPSA) is 236 Å². The van der Waals surface area contributed by atoms with Crippen molar-refractivity contribution in [1.82, 2.24) is 10.6 Å². The maximum Gasteiger partial charge on any atom is 0.336 e. The zero-order chi connectivity index (χ0) is 29.3. The predicted molar refractivity (Wildman–Crippen MR) is 138 cm³/mol. The minimum Gasteiger partial charge on any atom is -0.496 e. The zero-order valence-corrected chi connectivity index (χ0v) is 21.9. The van der Waals surface area contributed by atoms with Crippen LogP contribution in [0.1, 0.15) is 30.6 Å². The molecular weight excluding hydrogens is 538 g/mol. The number of hydrogen-bond donors (Lipinski definition) is 6. The van der Waals surface area contributed by atoms with Gasteiger partial charge in [0.25, 0.3) is 0 Å². The first-order valence-electron chi connectivity index (χ1n) is 11.5. The fourth-order valence-corrected chi connectivity index (χ4v) is 4.80. The van der Waals surface area contributed by atoms with Gasteiger partial charge in [-0.05, 0) is 25.5 Å². The lowest BCUT2D eigenvalue weighted by Crippen LogP contribution is -2.49. The zero-order valence-electron chi connectivity index (χ0n) is 21.0. The number of carbonyl (C=O) groups excluding carboxylic acids is 3. The number of methoxy groups -OCH3 is 1. The fraction of sp³-hybridized carbons (Fsp3) is 0.417. The number of thioether (sulfide) groups is 1. The highest BCUT2D eigenvalue weighted by Gasteiger charge is 2.31. The molecule has 4 atom stereocenters. The number of ether oxygens (including phenoxy) is 1. The molecule has 2 amide bonds. The van der Waals surface area contributed by atoms with E-state index in [4.69, 9.17) is 25.1 Å². The summed E-state index contributed by atoms with van der Waals surface area (Å²) in [4.78, 5) is 70.7. The predicted octanol–water partition coefficient (Wildman–Crippen LogP) is -0.596. The van der Waals surface area contributed by atoms with Gasteiger partial charge in [0.1, 0.15) is 36.1 Å². The lowest BCUT2D eigenvalue weighted by atomic mass is 10.0. The second-order valence-electron chi connectivity index (χ2n) is 8.41. The number of carbonyl (C=O) groups is 5. The summed E-state index contributed by atoms with van der Waals surface area (Å²) < 4.78 is 10.5. The van der Waals surface area contributed by atoms with E-state index in [1.54, 1.807) is 6.07 Å². The Hall–Kier alpha value is -3.95. The van der Waals surface area contributed by atoms with E-state index in [-0.39, 0.29) is 29.9 Å². The summed E-state index contributed by atoms with van der Waals surface area (Å²) in [7, 11) is 1.33. The average molecular weight is 568 g/mol. The van der Waals surface area contributed by atoms with E-state index >= 15 is 0 Å². The number of amides is 2. The lowest BCUT2D eigenvalue weighted by Gasteiger charge is -2.26. The van der Waals surface area contributed by atoms with Gasteiger partial charge in [0.05, 0.1) is 12.4 Å². The first-order valence-corrected chi connectivity index (χ1v) is 12.6. The summed E-state index contributed by atoms with van der Waals surface area (Å²) in [6.07, 6.45) is -2.12. The molecule has 0 saturated carbocycles. The van der Waals surface area contributed by atoms with Crippen LogP contribution in [0.25, 0.3) is 11.0 Å². The Morgan fingerprint density at radius 2 is 1.85 bits per heavy atom. The summed E-state index contributed by atoms with van der Waals surface area (Å²) in [6.45, 7) is 0.429. The van der Waals surface area contributed by atoms with Crippen LogP contribution in [0.15, 0.2) is 33.5 Å². The minimum absolute atomic E-state index is 0.174. The number of fused-ring (bicyclic) bond motifs is 1. The van der Waals surface area contributed by atoms with E-state index < -0.39 is 65.1 Å². The summed E-state index contributed by atoms with van der Waals surface area (Å²) in [5.41, 5.74) is 5.34. The number of aliphatic carboxylic acids is 2. The van der Waals surface area contributed by atoms with Crippen LogP contribution in [-0.2, 0) is 24.0 Å². The van der Waals surface area contributed by atoms with Gasteiger partial charge in [-0.2, -0.15) is 0 Å². The first kappa shape index (κ1) is 31.3. The maximum absolute atomic E-state index is 12.7. The molecule has 0 aliphatic heterocycles. The number of aliphatic hydroxyl groups is 1. The number of hydrogen-bond acceptors (Lipinski definition) is 11. The van der Waals surface area contributed by atoms with Gasteiger partial charge in [-0.3, -0.25) is 24.0 Å². The third-order valence-corrected chi connectivity index (χ3v) is 6.89. The highest BCUT2D eigenvalue weighted by atomic mass is 32.2. The molecule has 0 bridgehead atoms. The maximum atomic E-state index is 12.7. The van der Waals surface area contributed by atoms with Crippen LogP contribution in [-0.4, -0.2) is 82.5 Å². The fourth-order valence-electron chi connectivity index (χ4n) is 3.42. The molecule has 0 aliphatic rings. The minimum atomic E-state index is -1.58. The van der Waals surface area contributed by atoms with E-state index in [2.05, 4.69) is 10.6 Å². The van der Waals surface area contributed by atoms with Crippen molar-refractivity contribution in [2.45, 2.75) is 43.2 Å². The van der Waals surface area contributed by atoms with Gasteiger partial charge in [-0.15, -0.1) is 11.8 Å². The van der Waals surface area contributed by atoms with E-state index in [1.165, 1.54) is 25.3 Å². The Kier molecular flexibility index (Phi) is 11.4. The second-order valence-corrected chi connectivity index (χ2v) is 9.59. The van der Waals surface area contributed by atoms with Gasteiger partial charge in [0.2, 0.25) is 11.8 Å². The number of carboxylic acids is 2. The Morgan fingerprint density at radius 1 is 1.15 bits per heavy atom. The second kappa shape index (κ2) is 14.3. The van der Waals surface area contributed by atoms with Crippen LogP contribution in [0.4, 0.5) is 0 Å². The van der Waals surface area contributed by atoms with Crippen molar-refractivity contribution in [2.24, 2.45) is 5.73 Å². The molecule has 0 aliphatic carbocycles. The van der Waals surface area contributed by atoms with Gasteiger partial charge in [-0.1, -0.05) is 0 Å². The van der Waals surface area contributed by atoms with Crippen molar-refractivity contribution in [2.75, 3.05) is 19.4 Å². The smallest absolute Gasteiger partial charge is 0.336 e. The highest BCUT2D eigenvalue weighted by molar-refractivity contribution is 7.99. The number of aliphatic hydroxyl groups excluding tert-OH is 1. The molecule has 15 heteroatoms. The van der Waals surface area contributed by atoms with E-state index in [9.17, 15) is 33.9 Å². The summed E-state index contributed by atoms with van der Waals surface area (Å²) in [5, 5.41) is 32.5. The third-order valence-electron chi connectivity index (χ3n) is 5.49. The summed E-state index contributed by atoms with van der Waals surface area (Å²) >= 11 is 0.909. The first-order chi connectivity index (χ1) is 18.3. The Labute approximate surface area is 225 Å². The normalized spacial score (nSPS) is 14.1. The molecule has 14 nitrogen and oxygen atoms in total. The molecule has 0 spiro atoms. The number of nitrogens with one attached hydrogen (secondary N) is 2. The quantitative estimate of drug-likeness (QED) is 0.148. The van der Waals surface area contributed by atoms with Crippen molar-refractivity contribution < 1.29 is 48.4 Å². The Morgan fingerprint density at radius 3 is 2.44 bits per heavy atom. The molecule has 7 N–H and O–H groups in total. The number of nitrogens with two attached hydrogens (primary N) is 1. The molecule has 1 aromatic heterocycles. The molecule has 1 heterocycles. The van der Waals surface area contributed by atoms with Gasteiger partial charge in [-0.25, -0.2) is 4.79 Å². The molecule has 0 radical (unpaired) electrons. The molecule has 2 aromatic rings. The van der Waals surface area contributed by atoms with Gasteiger partial charge in [0, 0.05) is 35.3 Å². The van der Waals surface area contributed by atoms with E-state index in [0.717, 1.165) is 18.7 Å².